The molecule has 7 heteroatoms. The summed E-state index contributed by atoms with van der Waals surface area (Å²) in [6.45, 7) is -0.158. The van der Waals surface area contributed by atoms with Crippen LogP contribution in [0.4, 0.5) is 0 Å². The molecule has 1 N–H and O–H groups in total. The number of aromatic nitrogens is 2. The number of hydrogen-bond donors (Lipinski definition) is 1. The molecule has 19 heavy (non-hydrogen) atoms. The Morgan fingerprint density at radius 2 is 2.16 bits per heavy atom. The lowest BCUT2D eigenvalue weighted by atomic mass is 10.3. The third kappa shape index (κ3) is 2.30. The number of halogens is 2. The van der Waals surface area contributed by atoms with Gasteiger partial charge in [0.05, 0.1) is 16.7 Å². The highest BCUT2D eigenvalue weighted by atomic mass is 35.5. The van der Waals surface area contributed by atoms with Crippen molar-refractivity contribution >= 4 is 39.5 Å². The molecule has 0 aliphatic rings. The van der Waals surface area contributed by atoms with E-state index in [-0.39, 0.29) is 6.61 Å². The number of ether oxygens (including phenoxy) is 1. The van der Waals surface area contributed by atoms with E-state index in [1.807, 2.05) is 11.6 Å². The molecule has 0 aliphatic carbocycles. The lowest BCUT2D eigenvalue weighted by Crippen LogP contribution is -1.93. The molecule has 0 aliphatic heterocycles. The first-order chi connectivity index (χ1) is 9.19. The van der Waals surface area contributed by atoms with Gasteiger partial charge in [0.25, 0.3) is 0 Å². The lowest BCUT2D eigenvalue weighted by molar-refractivity contribution is 0.270. The third-order valence-corrected chi connectivity index (χ3v) is 4.08. The molecule has 2 aromatic heterocycles. The van der Waals surface area contributed by atoms with Gasteiger partial charge in [-0.05, 0) is 12.1 Å². The number of nitrogens with zero attached hydrogens (tertiary/aromatic N) is 2. The fourth-order valence-corrected chi connectivity index (χ4v) is 2.70. The summed E-state index contributed by atoms with van der Waals surface area (Å²) in [5.41, 5.74) is 0.599. The van der Waals surface area contributed by atoms with Gasteiger partial charge in [0.15, 0.2) is 4.96 Å². The van der Waals surface area contributed by atoms with Crippen LogP contribution in [-0.2, 0) is 6.61 Å². The van der Waals surface area contributed by atoms with Crippen molar-refractivity contribution in [2.75, 3.05) is 0 Å². The maximum atomic E-state index is 9.42. The number of aliphatic hydroxyl groups is 1. The Hall–Kier alpha value is -1.27. The zero-order valence-corrected chi connectivity index (χ0v) is 11.8. The monoisotopic (exact) mass is 314 g/mol. The highest BCUT2D eigenvalue weighted by Gasteiger charge is 2.14. The normalized spacial score (nSPS) is 11.1. The van der Waals surface area contributed by atoms with Gasteiger partial charge in [0.1, 0.15) is 11.4 Å². The number of rotatable bonds is 3. The van der Waals surface area contributed by atoms with Gasteiger partial charge in [-0.1, -0.05) is 23.2 Å². The second kappa shape index (κ2) is 5.02. The third-order valence-electron chi connectivity index (χ3n) is 2.58. The van der Waals surface area contributed by atoms with Crippen LogP contribution in [0.1, 0.15) is 5.69 Å². The van der Waals surface area contributed by atoms with Gasteiger partial charge in [-0.2, -0.15) is 4.98 Å². The Morgan fingerprint density at radius 3 is 2.89 bits per heavy atom. The molecule has 3 rings (SSSR count). The van der Waals surface area contributed by atoms with Crippen molar-refractivity contribution in [1.29, 1.82) is 0 Å². The molecule has 1 aromatic carbocycles. The van der Waals surface area contributed by atoms with E-state index in [1.54, 1.807) is 22.6 Å². The van der Waals surface area contributed by atoms with Crippen molar-refractivity contribution in [2.45, 2.75) is 6.61 Å². The van der Waals surface area contributed by atoms with Gasteiger partial charge >= 0.3 is 0 Å². The van der Waals surface area contributed by atoms with Crippen molar-refractivity contribution < 1.29 is 9.84 Å². The molecule has 0 saturated heterocycles. The van der Waals surface area contributed by atoms with Crippen LogP contribution in [0.2, 0.25) is 10.0 Å². The molecule has 98 valence electrons. The molecule has 0 radical (unpaired) electrons. The van der Waals surface area contributed by atoms with E-state index in [2.05, 4.69) is 4.98 Å². The molecular weight excluding hydrogens is 307 g/mol. The van der Waals surface area contributed by atoms with Gasteiger partial charge in [0, 0.05) is 17.6 Å². The van der Waals surface area contributed by atoms with Crippen molar-refractivity contribution in [3.8, 4) is 11.6 Å². The van der Waals surface area contributed by atoms with Crippen LogP contribution in [0.15, 0.2) is 29.8 Å². The minimum Gasteiger partial charge on any atom is -0.437 e. The Kier molecular flexibility index (Phi) is 3.36. The SMILES string of the molecule is OCc1c(Oc2ccc(Cl)c(Cl)c2)nc2sccn12. The number of thiazole rings is 1. The summed E-state index contributed by atoms with van der Waals surface area (Å²) in [5, 5.41) is 12.2. The Balaban J connectivity index is 2.00. The average Bonchev–Trinajstić information content (AvgIpc) is 2.94. The Morgan fingerprint density at radius 1 is 1.32 bits per heavy atom. The number of imidazole rings is 1. The molecule has 0 bridgehead atoms. The first kappa shape index (κ1) is 12.7. The summed E-state index contributed by atoms with van der Waals surface area (Å²) in [5.74, 6) is 0.891. The van der Waals surface area contributed by atoms with Gasteiger partial charge < -0.3 is 9.84 Å². The summed E-state index contributed by atoms with van der Waals surface area (Å²) in [7, 11) is 0. The smallest absolute Gasteiger partial charge is 0.244 e. The summed E-state index contributed by atoms with van der Waals surface area (Å²) < 4.78 is 7.44. The van der Waals surface area contributed by atoms with Crippen LogP contribution >= 0.6 is 34.5 Å². The van der Waals surface area contributed by atoms with Crippen LogP contribution < -0.4 is 4.74 Å². The fraction of sp³-hybridized carbons (Fsp3) is 0.0833. The van der Waals surface area contributed by atoms with Crippen LogP contribution in [0, 0.1) is 0 Å². The van der Waals surface area contributed by atoms with E-state index < -0.39 is 0 Å². The molecule has 0 saturated carbocycles. The Labute approximate surface area is 122 Å². The largest absolute Gasteiger partial charge is 0.437 e. The second-order valence-corrected chi connectivity index (χ2v) is 5.44. The van der Waals surface area contributed by atoms with Crippen molar-refractivity contribution in [1.82, 2.24) is 9.38 Å². The van der Waals surface area contributed by atoms with E-state index in [1.165, 1.54) is 11.3 Å². The van der Waals surface area contributed by atoms with Crippen LogP contribution in [-0.4, -0.2) is 14.5 Å². The van der Waals surface area contributed by atoms with Gasteiger partial charge in [-0.15, -0.1) is 11.3 Å². The molecule has 0 fully saturated rings. The number of aliphatic hydroxyl groups excluding tert-OH is 1. The topological polar surface area (TPSA) is 46.8 Å². The van der Waals surface area contributed by atoms with Crippen LogP contribution in [0.3, 0.4) is 0 Å². The fourth-order valence-electron chi connectivity index (χ4n) is 1.69. The van der Waals surface area contributed by atoms with Crippen molar-refractivity contribution in [3.05, 3.63) is 45.5 Å². The molecule has 0 spiro atoms. The highest BCUT2D eigenvalue weighted by molar-refractivity contribution is 7.15. The quantitative estimate of drug-likeness (QED) is 0.795. The molecule has 4 nitrogen and oxygen atoms in total. The van der Waals surface area contributed by atoms with Gasteiger partial charge in [0.2, 0.25) is 5.88 Å². The zero-order valence-electron chi connectivity index (χ0n) is 9.51. The van der Waals surface area contributed by atoms with E-state index in [0.29, 0.717) is 27.4 Å². The van der Waals surface area contributed by atoms with Crippen LogP contribution in [0.5, 0.6) is 11.6 Å². The first-order valence-corrected chi connectivity index (χ1v) is 7.01. The second-order valence-electron chi connectivity index (χ2n) is 3.76. The van der Waals surface area contributed by atoms with Crippen LogP contribution in [0.25, 0.3) is 4.96 Å². The predicted molar refractivity (Wildman–Crippen MR) is 75.5 cm³/mol. The standard InChI is InChI=1S/C12H8Cl2N2O2S/c13-8-2-1-7(5-9(8)14)18-11-10(6-17)16-3-4-19-12(16)15-11/h1-5,17H,6H2. The van der Waals surface area contributed by atoms with Gasteiger partial charge in [-0.3, -0.25) is 4.40 Å². The summed E-state index contributed by atoms with van der Waals surface area (Å²) >= 11 is 13.2. The molecule has 0 amide bonds. The number of benzene rings is 1. The molecule has 3 aromatic rings. The van der Waals surface area contributed by atoms with Crippen molar-refractivity contribution in [3.63, 3.8) is 0 Å². The minimum atomic E-state index is -0.158. The Bertz CT molecular complexity index is 738. The van der Waals surface area contributed by atoms with E-state index >= 15 is 0 Å². The molecular formula is C12H8Cl2N2O2S. The molecule has 2 heterocycles. The summed E-state index contributed by atoms with van der Waals surface area (Å²) in [4.78, 5) is 5.08. The van der Waals surface area contributed by atoms with Gasteiger partial charge in [-0.25, -0.2) is 0 Å². The first-order valence-electron chi connectivity index (χ1n) is 5.37. The lowest BCUT2D eigenvalue weighted by Gasteiger charge is -2.05. The van der Waals surface area contributed by atoms with E-state index in [0.717, 1.165) is 4.96 Å². The summed E-state index contributed by atoms with van der Waals surface area (Å²) in [6, 6.07) is 4.96. The number of fused-ring (bicyclic) bond motifs is 1. The molecule has 0 atom stereocenters. The summed E-state index contributed by atoms with van der Waals surface area (Å²) in [6.07, 6.45) is 1.83. The van der Waals surface area contributed by atoms with E-state index in [9.17, 15) is 5.11 Å². The minimum absolute atomic E-state index is 0.158. The maximum Gasteiger partial charge on any atom is 0.244 e. The maximum absolute atomic E-state index is 9.42. The zero-order chi connectivity index (χ0) is 13.4. The molecule has 0 unspecified atom stereocenters. The average molecular weight is 315 g/mol. The number of hydrogen-bond acceptors (Lipinski definition) is 4. The van der Waals surface area contributed by atoms with E-state index in [4.69, 9.17) is 27.9 Å². The highest BCUT2D eigenvalue weighted by Crippen LogP contribution is 2.31. The predicted octanol–water partition coefficient (Wildman–Crippen LogP) is 3.99. The van der Waals surface area contributed by atoms with Crippen molar-refractivity contribution in [2.24, 2.45) is 0 Å².